The molecular weight excluding hydrogens is 192 g/mol. The quantitative estimate of drug-likeness (QED) is 0.775. The van der Waals surface area contributed by atoms with Crippen LogP contribution in [0.1, 0.15) is 30.8 Å². The van der Waals surface area contributed by atoms with Crippen LogP contribution in [0, 0.1) is 0 Å². The van der Waals surface area contributed by atoms with Crippen LogP contribution in [0.25, 0.3) is 0 Å². The van der Waals surface area contributed by atoms with Gasteiger partial charge in [-0.25, -0.2) is 0 Å². The Labute approximate surface area is 89.3 Å². The lowest BCUT2D eigenvalue weighted by atomic mass is 10.0. The Morgan fingerprint density at radius 1 is 1.53 bits per heavy atom. The molecule has 0 bridgehead atoms. The lowest BCUT2D eigenvalue weighted by Gasteiger charge is -2.24. The molecule has 0 unspecified atom stereocenters. The lowest BCUT2D eigenvalue weighted by Crippen LogP contribution is -2.44. The number of aromatic nitrogens is 1. The number of nitrogens with one attached hydrogen (secondary N) is 1. The summed E-state index contributed by atoms with van der Waals surface area (Å²) < 4.78 is 0. The van der Waals surface area contributed by atoms with Crippen molar-refractivity contribution in [1.82, 2.24) is 10.3 Å². The maximum absolute atomic E-state index is 11.7. The highest BCUT2D eigenvalue weighted by atomic mass is 16.3. The Kier molecular flexibility index (Phi) is 3.80. The molecular formula is C11H16N2O2. The second kappa shape index (κ2) is 4.89. The van der Waals surface area contributed by atoms with Crippen molar-refractivity contribution in [2.45, 2.75) is 25.8 Å². The Morgan fingerprint density at radius 2 is 2.27 bits per heavy atom. The first-order valence-electron chi connectivity index (χ1n) is 4.89. The van der Waals surface area contributed by atoms with Gasteiger partial charge in [0.05, 0.1) is 0 Å². The first kappa shape index (κ1) is 11.7. The van der Waals surface area contributed by atoms with E-state index < -0.39 is 5.54 Å². The zero-order valence-electron chi connectivity index (χ0n) is 9.03. The first-order valence-corrected chi connectivity index (χ1v) is 4.89. The fourth-order valence-electron chi connectivity index (χ4n) is 1.21. The van der Waals surface area contributed by atoms with Crippen molar-refractivity contribution in [3.05, 3.63) is 30.1 Å². The third-order valence-corrected chi connectivity index (χ3v) is 2.09. The van der Waals surface area contributed by atoms with Crippen LogP contribution in [0.3, 0.4) is 0 Å². The number of carbonyl (C=O) groups is 1. The monoisotopic (exact) mass is 208 g/mol. The van der Waals surface area contributed by atoms with Gasteiger partial charge in [0.1, 0.15) is 5.69 Å². The van der Waals surface area contributed by atoms with Crippen LogP contribution in [0.2, 0.25) is 0 Å². The molecule has 0 aliphatic heterocycles. The van der Waals surface area contributed by atoms with E-state index in [2.05, 4.69) is 10.3 Å². The second-order valence-electron chi connectivity index (χ2n) is 4.03. The van der Waals surface area contributed by atoms with Gasteiger partial charge in [-0.3, -0.25) is 9.78 Å². The summed E-state index contributed by atoms with van der Waals surface area (Å²) in [5.74, 6) is -0.214. The normalized spacial score (nSPS) is 11.1. The molecule has 15 heavy (non-hydrogen) atoms. The van der Waals surface area contributed by atoms with Gasteiger partial charge in [-0.15, -0.1) is 0 Å². The molecule has 0 aliphatic rings. The number of nitrogens with zero attached hydrogens (tertiary/aromatic N) is 1. The molecule has 0 saturated carbocycles. The molecule has 0 radical (unpaired) electrons. The molecule has 4 heteroatoms. The SMILES string of the molecule is CC(C)(CCO)NC(=O)c1ccccn1. The summed E-state index contributed by atoms with van der Waals surface area (Å²) in [5, 5.41) is 11.6. The molecule has 1 aromatic heterocycles. The Bertz CT molecular complexity index is 323. The molecule has 1 rings (SSSR count). The molecule has 2 N–H and O–H groups in total. The van der Waals surface area contributed by atoms with Crippen LogP contribution in [0.5, 0.6) is 0 Å². The van der Waals surface area contributed by atoms with Gasteiger partial charge in [-0.2, -0.15) is 0 Å². The van der Waals surface area contributed by atoms with Gasteiger partial charge < -0.3 is 10.4 Å². The number of aliphatic hydroxyl groups excluding tert-OH is 1. The Morgan fingerprint density at radius 3 is 2.80 bits per heavy atom. The minimum absolute atomic E-state index is 0.0511. The fraction of sp³-hybridized carbons (Fsp3) is 0.455. The molecule has 1 amide bonds. The largest absolute Gasteiger partial charge is 0.396 e. The summed E-state index contributed by atoms with van der Waals surface area (Å²) in [7, 11) is 0. The van der Waals surface area contributed by atoms with Crippen molar-refractivity contribution < 1.29 is 9.90 Å². The highest BCUT2D eigenvalue weighted by Crippen LogP contribution is 2.08. The average Bonchev–Trinajstić information content (AvgIpc) is 2.18. The molecule has 1 heterocycles. The minimum Gasteiger partial charge on any atom is -0.396 e. The van der Waals surface area contributed by atoms with Crippen LogP contribution < -0.4 is 5.32 Å². The van der Waals surface area contributed by atoms with Gasteiger partial charge in [0.2, 0.25) is 0 Å². The van der Waals surface area contributed by atoms with Crippen LogP contribution >= 0.6 is 0 Å². The van der Waals surface area contributed by atoms with Gasteiger partial charge in [-0.05, 0) is 32.4 Å². The van der Waals surface area contributed by atoms with Crippen molar-refractivity contribution in [1.29, 1.82) is 0 Å². The lowest BCUT2D eigenvalue weighted by molar-refractivity contribution is 0.0894. The maximum atomic E-state index is 11.7. The molecule has 0 aromatic carbocycles. The number of aliphatic hydroxyl groups is 1. The molecule has 0 atom stereocenters. The molecule has 0 spiro atoms. The van der Waals surface area contributed by atoms with E-state index in [1.54, 1.807) is 24.4 Å². The predicted octanol–water partition coefficient (Wildman–Crippen LogP) is 0.972. The van der Waals surface area contributed by atoms with E-state index >= 15 is 0 Å². The van der Waals surface area contributed by atoms with E-state index in [1.807, 2.05) is 13.8 Å². The second-order valence-corrected chi connectivity index (χ2v) is 4.03. The standard InChI is InChI=1S/C11H16N2O2/c1-11(2,6-8-14)13-10(15)9-5-3-4-7-12-9/h3-5,7,14H,6,8H2,1-2H3,(H,13,15). The van der Waals surface area contributed by atoms with E-state index in [-0.39, 0.29) is 12.5 Å². The van der Waals surface area contributed by atoms with Crippen LogP contribution in [0.15, 0.2) is 24.4 Å². The molecule has 82 valence electrons. The summed E-state index contributed by atoms with van der Waals surface area (Å²) in [4.78, 5) is 15.6. The highest BCUT2D eigenvalue weighted by Gasteiger charge is 2.20. The van der Waals surface area contributed by atoms with E-state index in [9.17, 15) is 4.79 Å². The number of carbonyl (C=O) groups excluding carboxylic acids is 1. The van der Waals surface area contributed by atoms with Crippen LogP contribution in [0.4, 0.5) is 0 Å². The van der Waals surface area contributed by atoms with E-state index in [1.165, 1.54) is 0 Å². The van der Waals surface area contributed by atoms with Crippen molar-refractivity contribution in [2.24, 2.45) is 0 Å². The van der Waals surface area contributed by atoms with Crippen LogP contribution in [-0.2, 0) is 0 Å². The van der Waals surface area contributed by atoms with Gasteiger partial charge in [-0.1, -0.05) is 6.07 Å². The van der Waals surface area contributed by atoms with E-state index in [0.717, 1.165) is 0 Å². The highest BCUT2D eigenvalue weighted by molar-refractivity contribution is 5.92. The van der Waals surface area contributed by atoms with Gasteiger partial charge in [0.25, 0.3) is 5.91 Å². The molecule has 1 aromatic rings. The minimum atomic E-state index is -0.413. The predicted molar refractivity (Wildman–Crippen MR) is 57.5 cm³/mol. The van der Waals surface area contributed by atoms with Gasteiger partial charge >= 0.3 is 0 Å². The van der Waals surface area contributed by atoms with Crippen molar-refractivity contribution in [2.75, 3.05) is 6.61 Å². The number of pyridine rings is 1. The number of hydrogen-bond acceptors (Lipinski definition) is 3. The van der Waals surface area contributed by atoms with E-state index in [0.29, 0.717) is 12.1 Å². The van der Waals surface area contributed by atoms with Gasteiger partial charge in [0, 0.05) is 18.3 Å². The summed E-state index contributed by atoms with van der Waals surface area (Å²) in [5.41, 5.74) is -0.0212. The smallest absolute Gasteiger partial charge is 0.270 e. The summed E-state index contributed by atoms with van der Waals surface area (Å²) >= 11 is 0. The Balaban J connectivity index is 2.64. The summed E-state index contributed by atoms with van der Waals surface area (Å²) in [6, 6.07) is 5.18. The number of amides is 1. The molecule has 4 nitrogen and oxygen atoms in total. The van der Waals surface area contributed by atoms with Gasteiger partial charge in [0.15, 0.2) is 0 Å². The molecule has 0 fully saturated rings. The van der Waals surface area contributed by atoms with Crippen molar-refractivity contribution in [3.8, 4) is 0 Å². The Hall–Kier alpha value is -1.42. The number of rotatable bonds is 4. The zero-order valence-corrected chi connectivity index (χ0v) is 9.03. The fourth-order valence-corrected chi connectivity index (χ4v) is 1.21. The van der Waals surface area contributed by atoms with Crippen molar-refractivity contribution in [3.63, 3.8) is 0 Å². The van der Waals surface area contributed by atoms with Crippen LogP contribution in [-0.4, -0.2) is 28.1 Å². The third kappa shape index (κ3) is 3.67. The zero-order chi connectivity index (χ0) is 11.3. The number of hydrogen-bond donors (Lipinski definition) is 2. The van der Waals surface area contributed by atoms with Crippen molar-refractivity contribution >= 4 is 5.91 Å². The topological polar surface area (TPSA) is 62.2 Å². The average molecular weight is 208 g/mol. The summed E-state index contributed by atoms with van der Waals surface area (Å²) in [6.45, 7) is 3.78. The molecule has 0 aliphatic carbocycles. The molecule has 0 saturated heterocycles. The summed E-state index contributed by atoms with van der Waals surface area (Å²) in [6.07, 6.45) is 2.10. The first-order chi connectivity index (χ1) is 7.05. The maximum Gasteiger partial charge on any atom is 0.270 e. The van der Waals surface area contributed by atoms with E-state index in [4.69, 9.17) is 5.11 Å². The third-order valence-electron chi connectivity index (χ3n) is 2.09.